The molecular weight excluding hydrogens is 360 g/mol. The van der Waals surface area contributed by atoms with E-state index < -0.39 is 21.7 Å². The van der Waals surface area contributed by atoms with E-state index in [2.05, 4.69) is 10.6 Å². The molecule has 2 amide bonds. The highest BCUT2D eigenvalue weighted by Crippen LogP contribution is 2.15. The summed E-state index contributed by atoms with van der Waals surface area (Å²) in [5.74, 6) is -0.926. The Labute approximate surface area is 153 Å². The van der Waals surface area contributed by atoms with Gasteiger partial charge in [0.2, 0.25) is 0 Å². The van der Waals surface area contributed by atoms with Crippen LogP contribution < -0.4 is 10.6 Å². The van der Waals surface area contributed by atoms with Crippen molar-refractivity contribution in [2.75, 3.05) is 13.1 Å². The van der Waals surface area contributed by atoms with E-state index in [0.29, 0.717) is 6.42 Å². The monoisotopic (exact) mass is 378 g/mol. The van der Waals surface area contributed by atoms with E-state index in [-0.39, 0.29) is 35.9 Å². The Morgan fingerprint density at radius 1 is 0.889 bits per heavy atom. The minimum absolute atomic E-state index is 0.154. The second-order valence-electron chi connectivity index (χ2n) is 5.77. The largest absolute Gasteiger partial charge is 0.351 e. The molecule has 0 bridgehead atoms. The molecule has 27 heavy (non-hydrogen) atoms. The van der Waals surface area contributed by atoms with Crippen molar-refractivity contribution in [2.45, 2.75) is 6.42 Å². The molecule has 0 atom stereocenters. The zero-order valence-electron chi connectivity index (χ0n) is 14.7. The van der Waals surface area contributed by atoms with E-state index in [1.54, 1.807) is 0 Å². The smallest absolute Gasteiger partial charge is 0.287 e. The van der Waals surface area contributed by atoms with E-state index in [4.69, 9.17) is 0 Å². The Kier molecular flexibility index (Phi) is 5.90. The molecule has 0 spiro atoms. The van der Waals surface area contributed by atoms with Crippen LogP contribution >= 0.6 is 0 Å². The lowest BCUT2D eigenvalue weighted by atomic mass is 10.3. The van der Waals surface area contributed by atoms with Crippen LogP contribution in [0.25, 0.3) is 0 Å². The van der Waals surface area contributed by atoms with Gasteiger partial charge in [-0.05, 0) is 6.42 Å². The lowest BCUT2D eigenvalue weighted by molar-refractivity contribution is -0.385. The van der Waals surface area contributed by atoms with Crippen molar-refractivity contribution in [3.63, 3.8) is 0 Å². The first-order valence-electron chi connectivity index (χ1n) is 7.88. The number of rotatable bonds is 8. The highest BCUT2D eigenvalue weighted by molar-refractivity contribution is 5.94. The average Bonchev–Trinajstić information content (AvgIpc) is 3.17. The molecule has 0 aromatic carbocycles. The molecule has 0 fully saturated rings. The maximum absolute atomic E-state index is 12.0. The van der Waals surface area contributed by atoms with Gasteiger partial charge < -0.3 is 19.8 Å². The first-order chi connectivity index (χ1) is 12.7. The highest BCUT2D eigenvalue weighted by Gasteiger charge is 2.18. The fourth-order valence-electron chi connectivity index (χ4n) is 2.42. The first kappa shape index (κ1) is 19.6. The van der Waals surface area contributed by atoms with Gasteiger partial charge in [0.25, 0.3) is 23.2 Å². The molecule has 12 nitrogen and oxygen atoms in total. The standard InChI is InChI=1S/C15H18N6O6/c1-18-8-10(20(24)25)6-12(18)14(22)16-4-3-5-17-15(23)13-7-11(21(26)27)9-19(13)2/h6-9H,3-5H2,1-2H3,(H,16,22)(H,17,23). The number of aromatic nitrogens is 2. The summed E-state index contributed by atoms with van der Waals surface area (Å²) in [6.07, 6.45) is 2.90. The molecule has 0 saturated carbocycles. The third-order valence-corrected chi connectivity index (χ3v) is 3.79. The maximum atomic E-state index is 12.0. The molecule has 12 heteroatoms. The van der Waals surface area contributed by atoms with Crippen LogP contribution in [-0.2, 0) is 14.1 Å². The van der Waals surface area contributed by atoms with E-state index in [9.17, 15) is 29.8 Å². The predicted octanol–water partition coefficient (Wildman–Crippen LogP) is 0.730. The van der Waals surface area contributed by atoms with E-state index >= 15 is 0 Å². The van der Waals surface area contributed by atoms with Crippen molar-refractivity contribution in [1.82, 2.24) is 19.8 Å². The van der Waals surface area contributed by atoms with Crippen LogP contribution in [-0.4, -0.2) is 43.9 Å². The summed E-state index contributed by atoms with van der Waals surface area (Å²) < 4.78 is 2.72. The number of carbonyl (C=O) groups excluding carboxylic acids is 2. The van der Waals surface area contributed by atoms with Crippen LogP contribution in [0.15, 0.2) is 24.5 Å². The van der Waals surface area contributed by atoms with Gasteiger partial charge in [-0.2, -0.15) is 0 Å². The lowest BCUT2D eigenvalue weighted by Crippen LogP contribution is -2.31. The molecule has 2 rings (SSSR count). The number of nitro groups is 2. The number of nitrogens with zero attached hydrogens (tertiary/aromatic N) is 4. The number of aryl methyl sites for hydroxylation is 2. The molecule has 144 valence electrons. The van der Waals surface area contributed by atoms with Crippen molar-refractivity contribution < 1.29 is 19.4 Å². The van der Waals surface area contributed by atoms with E-state index in [1.165, 1.54) is 47.8 Å². The van der Waals surface area contributed by atoms with Crippen molar-refractivity contribution in [2.24, 2.45) is 14.1 Å². The second kappa shape index (κ2) is 8.12. The Balaban J connectivity index is 1.79. The van der Waals surface area contributed by atoms with Gasteiger partial charge in [-0.15, -0.1) is 0 Å². The minimum Gasteiger partial charge on any atom is -0.351 e. The SMILES string of the molecule is Cn1cc([N+](=O)[O-])cc1C(=O)NCCCNC(=O)c1cc([N+](=O)[O-])cn1C. The molecule has 0 unspecified atom stereocenters. The summed E-state index contributed by atoms with van der Waals surface area (Å²) in [5, 5.41) is 26.6. The Hall–Kier alpha value is -3.70. The Bertz CT molecular complexity index is 826. The molecule has 2 aromatic rings. The number of hydrogen-bond donors (Lipinski definition) is 2. The molecule has 0 radical (unpaired) electrons. The molecule has 0 aliphatic heterocycles. The fourth-order valence-corrected chi connectivity index (χ4v) is 2.42. The van der Waals surface area contributed by atoms with Crippen molar-refractivity contribution >= 4 is 23.2 Å². The van der Waals surface area contributed by atoms with Crippen molar-refractivity contribution in [1.29, 1.82) is 0 Å². The van der Waals surface area contributed by atoms with Crippen LogP contribution in [0.2, 0.25) is 0 Å². The van der Waals surface area contributed by atoms with Gasteiger partial charge in [0.05, 0.1) is 22.2 Å². The fraction of sp³-hybridized carbons (Fsp3) is 0.333. The van der Waals surface area contributed by atoms with Gasteiger partial charge in [-0.3, -0.25) is 29.8 Å². The summed E-state index contributed by atoms with van der Waals surface area (Å²) in [6.45, 7) is 0.483. The van der Waals surface area contributed by atoms with Crippen molar-refractivity contribution in [3.8, 4) is 0 Å². The number of nitrogens with one attached hydrogen (secondary N) is 2. The maximum Gasteiger partial charge on any atom is 0.287 e. The summed E-state index contributed by atoms with van der Waals surface area (Å²) in [5.41, 5.74) is -0.0399. The summed E-state index contributed by atoms with van der Waals surface area (Å²) in [7, 11) is 3.06. The molecule has 2 N–H and O–H groups in total. The summed E-state index contributed by atoms with van der Waals surface area (Å²) >= 11 is 0. The van der Waals surface area contributed by atoms with Crippen LogP contribution in [0.1, 0.15) is 27.4 Å². The van der Waals surface area contributed by atoms with Gasteiger partial charge >= 0.3 is 0 Å². The third kappa shape index (κ3) is 4.68. The number of hydrogen-bond acceptors (Lipinski definition) is 6. The van der Waals surface area contributed by atoms with Crippen LogP contribution in [0.4, 0.5) is 11.4 Å². The molecule has 2 heterocycles. The molecule has 0 saturated heterocycles. The molecule has 0 aliphatic carbocycles. The zero-order chi connectivity index (χ0) is 20.1. The molecule has 2 aromatic heterocycles. The number of carbonyl (C=O) groups is 2. The third-order valence-electron chi connectivity index (χ3n) is 3.79. The van der Waals surface area contributed by atoms with Gasteiger partial charge in [0.1, 0.15) is 11.4 Å². The van der Waals surface area contributed by atoms with E-state index in [0.717, 1.165) is 0 Å². The van der Waals surface area contributed by atoms with Gasteiger partial charge in [-0.1, -0.05) is 0 Å². The van der Waals surface area contributed by atoms with Crippen molar-refractivity contribution in [3.05, 3.63) is 56.1 Å². The highest BCUT2D eigenvalue weighted by atomic mass is 16.6. The first-order valence-corrected chi connectivity index (χ1v) is 7.88. The normalized spacial score (nSPS) is 10.4. The lowest BCUT2D eigenvalue weighted by Gasteiger charge is -2.07. The van der Waals surface area contributed by atoms with Gasteiger partial charge in [-0.25, -0.2) is 0 Å². The Morgan fingerprint density at radius 3 is 1.56 bits per heavy atom. The predicted molar refractivity (Wildman–Crippen MR) is 93.4 cm³/mol. The second-order valence-corrected chi connectivity index (χ2v) is 5.77. The molecule has 0 aliphatic rings. The minimum atomic E-state index is -0.583. The summed E-state index contributed by atoms with van der Waals surface area (Å²) in [6, 6.07) is 2.36. The van der Waals surface area contributed by atoms with E-state index in [1.807, 2.05) is 0 Å². The van der Waals surface area contributed by atoms with Gasteiger partial charge in [0.15, 0.2) is 0 Å². The number of amides is 2. The molecular formula is C15H18N6O6. The Morgan fingerprint density at radius 2 is 1.26 bits per heavy atom. The van der Waals surface area contributed by atoms with Crippen LogP contribution in [0.5, 0.6) is 0 Å². The average molecular weight is 378 g/mol. The van der Waals surface area contributed by atoms with Crippen LogP contribution in [0, 0.1) is 20.2 Å². The zero-order valence-corrected chi connectivity index (χ0v) is 14.7. The van der Waals surface area contributed by atoms with Gasteiger partial charge in [0, 0.05) is 39.3 Å². The summed E-state index contributed by atoms with van der Waals surface area (Å²) in [4.78, 5) is 44.3. The topological polar surface area (TPSA) is 154 Å². The van der Waals surface area contributed by atoms with Crippen LogP contribution in [0.3, 0.4) is 0 Å². The quantitative estimate of drug-likeness (QED) is 0.392.